The second-order valence-electron chi connectivity index (χ2n) is 4.15. The highest BCUT2D eigenvalue weighted by atomic mass is 127. The number of sulfonamides is 1. The monoisotopic (exact) mass is 469 g/mol. The van der Waals surface area contributed by atoms with Crippen LogP contribution in [0.4, 0.5) is 10.1 Å². The minimum absolute atomic E-state index is 0.117. The van der Waals surface area contributed by atoms with Gasteiger partial charge in [-0.05, 0) is 81.3 Å². The van der Waals surface area contributed by atoms with Gasteiger partial charge in [-0.25, -0.2) is 12.8 Å². The summed E-state index contributed by atoms with van der Waals surface area (Å²) in [6.45, 7) is 1.93. The molecule has 0 radical (unpaired) electrons. The molecule has 0 amide bonds. The average Bonchev–Trinajstić information content (AvgIpc) is 2.37. The summed E-state index contributed by atoms with van der Waals surface area (Å²) in [6, 6.07) is 8.90. The Morgan fingerprint density at radius 1 is 1.20 bits per heavy atom. The van der Waals surface area contributed by atoms with Crippen molar-refractivity contribution in [3.05, 3.63) is 55.8 Å². The standard InChI is InChI=1S/C13H10BrFINO2S/c1-8-2-3-9(6-13(8)16)17-20(18,19)10-4-5-11(14)12(15)7-10/h2-7,17H,1H3. The predicted octanol–water partition coefficient (Wildman–Crippen LogP) is 4.30. The Morgan fingerprint density at radius 3 is 2.50 bits per heavy atom. The summed E-state index contributed by atoms with van der Waals surface area (Å²) in [4.78, 5) is -0.117. The zero-order chi connectivity index (χ0) is 14.9. The summed E-state index contributed by atoms with van der Waals surface area (Å²) < 4.78 is 41.4. The van der Waals surface area contributed by atoms with Gasteiger partial charge in [0, 0.05) is 9.26 Å². The van der Waals surface area contributed by atoms with Gasteiger partial charge < -0.3 is 0 Å². The molecule has 0 aliphatic carbocycles. The summed E-state index contributed by atoms with van der Waals surface area (Å²) in [5.41, 5.74) is 1.51. The second kappa shape index (κ2) is 5.98. The van der Waals surface area contributed by atoms with Crippen molar-refractivity contribution in [1.82, 2.24) is 0 Å². The molecule has 0 atom stereocenters. The number of hydrogen-bond acceptors (Lipinski definition) is 2. The second-order valence-corrected chi connectivity index (χ2v) is 7.84. The van der Waals surface area contributed by atoms with Crippen LogP contribution in [-0.2, 0) is 10.0 Å². The van der Waals surface area contributed by atoms with Gasteiger partial charge >= 0.3 is 0 Å². The van der Waals surface area contributed by atoms with Gasteiger partial charge in [-0.3, -0.25) is 4.72 Å². The molecule has 0 fully saturated rings. The van der Waals surface area contributed by atoms with Crippen LogP contribution in [-0.4, -0.2) is 8.42 Å². The largest absolute Gasteiger partial charge is 0.280 e. The van der Waals surface area contributed by atoms with Gasteiger partial charge in [0.05, 0.1) is 9.37 Å². The summed E-state index contributed by atoms with van der Waals surface area (Å²) in [6.07, 6.45) is 0. The molecule has 20 heavy (non-hydrogen) atoms. The van der Waals surface area contributed by atoms with Crippen LogP contribution in [0.1, 0.15) is 5.56 Å². The molecule has 2 rings (SSSR count). The van der Waals surface area contributed by atoms with E-state index >= 15 is 0 Å². The van der Waals surface area contributed by atoms with Crippen LogP contribution in [0, 0.1) is 16.3 Å². The molecule has 0 saturated heterocycles. The van der Waals surface area contributed by atoms with Gasteiger partial charge in [0.25, 0.3) is 10.0 Å². The Hall–Kier alpha value is -0.670. The lowest BCUT2D eigenvalue weighted by molar-refractivity contribution is 0.593. The SMILES string of the molecule is Cc1ccc(NS(=O)(=O)c2ccc(Br)c(F)c2)cc1I. The number of halogens is 3. The molecule has 0 aromatic heterocycles. The van der Waals surface area contributed by atoms with Crippen molar-refractivity contribution in [3.63, 3.8) is 0 Å². The molecule has 106 valence electrons. The summed E-state index contributed by atoms with van der Waals surface area (Å²) >= 11 is 5.11. The highest BCUT2D eigenvalue weighted by Gasteiger charge is 2.16. The minimum Gasteiger partial charge on any atom is -0.280 e. The van der Waals surface area contributed by atoms with E-state index < -0.39 is 15.8 Å². The van der Waals surface area contributed by atoms with Crippen molar-refractivity contribution in [3.8, 4) is 0 Å². The quantitative estimate of drug-likeness (QED) is 0.681. The lowest BCUT2D eigenvalue weighted by Gasteiger charge is -2.09. The van der Waals surface area contributed by atoms with Gasteiger partial charge in [0.2, 0.25) is 0 Å². The Kier molecular flexibility index (Phi) is 4.70. The third-order valence-corrected chi connectivity index (χ3v) is 5.81. The van der Waals surface area contributed by atoms with E-state index in [9.17, 15) is 12.8 Å². The number of benzene rings is 2. The van der Waals surface area contributed by atoms with E-state index in [-0.39, 0.29) is 9.37 Å². The van der Waals surface area contributed by atoms with Gasteiger partial charge in [0.1, 0.15) is 5.82 Å². The Bertz CT molecular complexity index is 765. The molecule has 0 aliphatic rings. The number of nitrogens with one attached hydrogen (secondary N) is 1. The molecule has 0 bridgehead atoms. The molecule has 0 aliphatic heterocycles. The predicted molar refractivity (Wildman–Crippen MR) is 88.8 cm³/mol. The average molecular weight is 470 g/mol. The maximum Gasteiger partial charge on any atom is 0.261 e. The van der Waals surface area contributed by atoms with Crippen molar-refractivity contribution in [2.45, 2.75) is 11.8 Å². The summed E-state index contributed by atoms with van der Waals surface area (Å²) in [5.74, 6) is -0.619. The van der Waals surface area contributed by atoms with Gasteiger partial charge in [-0.2, -0.15) is 0 Å². The number of anilines is 1. The Morgan fingerprint density at radius 2 is 1.90 bits per heavy atom. The van der Waals surface area contributed by atoms with E-state index in [1.165, 1.54) is 12.1 Å². The smallest absolute Gasteiger partial charge is 0.261 e. The van der Waals surface area contributed by atoms with Crippen LogP contribution >= 0.6 is 38.5 Å². The van der Waals surface area contributed by atoms with E-state index in [0.29, 0.717) is 5.69 Å². The maximum atomic E-state index is 13.4. The zero-order valence-electron chi connectivity index (χ0n) is 10.3. The molecular weight excluding hydrogens is 460 g/mol. The van der Waals surface area contributed by atoms with Crippen LogP contribution < -0.4 is 4.72 Å². The molecule has 0 spiro atoms. The highest BCUT2D eigenvalue weighted by Crippen LogP contribution is 2.23. The Labute approximate surface area is 138 Å². The van der Waals surface area contributed by atoms with Crippen LogP contribution in [0.2, 0.25) is 0 Å². The minimum atomic E-state index is -3.80. The molecular formula is C13H10BrFINO2S. The van der Waals surface area contributed by atoms with Gasteiger partial charge in [0.15, 0.2) is 0 Å². The lowest BCUT2D eigenvalue weighted by atomic mass is 10.2. The third kappa shape index (κ3) is 3.50. The number of aryl methyl sites for hydroxylation is 1. The molecule has 0 unspecified atom stereocenters. The first-order chi connectivity index (χ1) is 9.29. The van der Waals surface area contributed by atoms with E-state index in [0.717, 1.165) is 15.2 Å². The van der Waals surface area contributed by atoms with Crippen LogP contribution in [0.25, 0.3) is 0 Å². The van der Waals surface area contributed by atoms with Gasteiger partial charge in [-0.1, -0.05) is 6.07 Å². The molecule has 3 nitrogen and oxygen atoms in total. The zero-order valence-corrected chi connectivity index (χ0v) is 14.9. The first-order valence-corrected chi connectivity index (χ1v) is 8.89. The third-order valence-electron chi connectivity index (χ3n) is 2.63. The first-order valence-electron chi connectivity index (χ1n) is 5.53. The topological polar surface area (TPSA) is 46.2 Å². The molecule has 2 aromatic carbocycles. The van der Waals surface area contributed by atoms with E-state index in [1.54, 1.807) is 12.1 Å². The Balaban J connectivity index is 2.35. The fourth-order valence-electron chi connectivity index (χ4n) is 1.51. The molecule has 0 saturated carbocycles. The normalized spacial score (nSPS) is 11.4. The number of hydrogen-bond donors (Lipinski definition) is 1. The molecule has 2 aromatic rings. The fourth-order valence-corrected chi connectivity index (χ4v) is 3.34. The maximum absolute atomic E-state index is 13.4. The van der Waals surface area contributed by atoms with Crippen LogP contribution in [0.5, 0.6) is 0 Å². The summed E-state index contributed by atoms with van der Waals surface area (Å²) in [5, 5.41) is 0. The van der Waals surface area contributed by atoms with Crippen molar-refractivity contribution < 1.29 is 12.8 Å². The van der Waals surface area contributed by atoms with Crippen molar-refractivity contribution in [2.24, 2.45) is 0 Å². The molecule has 7 heteroatoms. The van der Waals surface area contributed by atoms with Crippen molar-refractivity contribution in [1.29, 1.82) is 0 Å². The van der Waals surface area contributed by atoms with Crippen LogP contribution in [0.3, 0.4) is 0 Å². The van der Waals surface area contributed by atoms with Gasteiger partial charge in [-0.15, -0.1) is 0 Å². The van der Waals surface area contributed by atoms with Crippen molar-refractivity contribution >= 4 is 54.2 Å². The van der Waals surface area contributed by atoms with Crippen LogP contribution in [0.15, 0.2) is 45.8 Å². The van der Waals surface area contributed by atoms with E-state index in [2.05, 4.69) is 43.2 Å². The fraction of sp³-hybridized carbons (Fsp3) is 0.0769. The highest BCUT2D eigenvalue weighted by molar-refractivity contribution is 14.1. The van der Waals surface area contributed by atoms with E-state index in [1.807, 2.05) is 13.0 Å². The number of rotatable bonds is 3. The lowest BCUT2D eigenvalue weighted by Crippen LogP contribution is -2.13. The molecule has 1 N–H and O–H groups in total. The molecule has 0 heterocycles. The summed E-state index contributed by atoms with van der Waals surface area (Å²) in [7, 11) is -3.80. The van der Waals surface area contributed by atoms with E-state index in [4.69, 9.17) is 0 Å². The van der Waals surface area contributed by atoms with Crippen molar-refractivity contribution in [2.75, 3.05) is 4.72 Å². The first kappa shape index (κ1) is 15.7.